The maximum Gasteiger partial charge on any atom is 0.0724 e. The number of nitrogens with zero attached hydrogens (tertiary/aromatic N) is 3. The molecule has 0 spiro atoms. The molecule has 1 saturated heterocycles. The summed E-state index contributed by atoms with van der Waals surface area (Å²) >= 11 is 0. The zero-order valence-electron chi connectivity index (χ0n) is 10.1. The second-order valence-corrected chi connectivity index (χ2v) is 4.63. The van der Waals surface area contributed by atoms with Crippen LogP contribution in [0.2, 0.25) is 0 Å². The van der Waals surface area contributed by atoms with Gasteiger partial charge in [0.05, 0.1) is 5.69 Å². The maximum atomic E-state index is 4.26. The number of nitrogens with one attached hydrogen (secondary N) is 1. The number of aromatic nitrogens is 2. The van der Waals surface area contributed by atoms with E-state index < -0.39 is 0 Å². The van der Waals surface area contributed by atoms with E-state index in [1.807, 2.05) is 6.20 Å². The molecule has 2 rings (SSSR count). The molecule has 0 aromatic carbocycles. The Balaban J connectivity index is 1.79. The van der Waals surface area contributed by atoms with Crippen LogP contribution in [0.5, 0.6) is 0 Å². The van der Waals surface area contributed by atoms with Crippen molar-refractivity contribution in [3.63, 3.8) is 0 Å². The first-order chi connectivity index (χ1) is 7.75. The number of likely N-dealkylation sites (tertiary alicyclic amines) is 1. The van der Waals surface area contributed by atoms with Gasteiger partial charge in [0.25, 0.3) is 0 Å². The molecule has 88 valence electrons. The second-order valence-electron chi connectivity index (χ2n) is 4.63. The zero-order chi connectivity index (χ0) is 11.4. The topological polar surface area (TPSA) is 41.1 Å². The lowest BCUT2D eigenvalue weighted by molar-refractivity contribution is 0.168. The molecule has 16 heavy (non-hydrogen) atoms. The van der Waals surface area contributed by atoms with E-state index in [1.165, 1.54) is 19.4 Å². The fraction of sp³-hybridized carbons (Fsp3) is 0.667. The molecule has 2 heterocycles. The minimum absolute atomic E-state index is 0.619. The highest BCUT2D eigenvalue weighted by Crippen LogP contribution is 2.15. The van der Waals surface area contributed by atoms with E-state index in [1.54, 1.807) is 12.4 Å². The summed E-state index contributed by atoms with van der Waals surface area (Å²) in [6.45, 7) is 4.30. The van der Waals surface area contributed by atoms with Gasteiger partial charge >= 0.3 is 0 Å². The van der Waals surface area contributed by atoms with E-state index in [2.05, 4.69) is 34.2 Å². The normalized spacial score (nSPS) is 26.9. The summed E-state index contributed by atoms with van der Waals surface area (Å²) in [4.78, 5) is 10.7. The summed E-state index contributed by atoms with van der Waals surface area (Å²) in [6, 6.07) is 1.29. The zero-order valence-corrected chi connectivity index (χ0v) is 10.1. The summed E-state index contributed by atoms with van der Waals surface area (Å²) in [7, 11) is 2.20. The molecule has 2 unspecified atom stereocenters. The molecule has 1 aliphatic heterocycles. The molecule has 0 saturated carbocycles. The summed E-state index contributed by atoms with van der Waals surface area (Å²) in [5, 5.41) is 3.56. The third-order valence-corrected chi connectivity index (χ3v) is 3.40. The van der Waals surface area contributed by atoms with Crippen LogP contribution in [-0.2, 0) is 6.54 Å². The van der Waals surface area contributed by atoms with E-state index in [9.17, 15) is 0 Å². The summed E-state index contributed by atoms with van der Waals surface area (Å²) in [6.07, 6.45) is 7.72. The largest absolute Gasteiger partial charge is 0.308 e. The van der Waals surface area contributed by atoms with Crippen molar-refractivity contribution in [3.8, 4) is 0 Å². The van der Waals surface area contributed by atoms with Crippen LogP contribution in [-0.4, -0.2) is 40.5 Å². The standard InChI is InChI=1S/C12H20N4/c1-10-7-11(3-6-16(10)2)15-9-12-8-13-4-5-14-12/h4-5,8,10-11,15H,3,6-7,9H2,1-2H3. The van der Waals surface area contributed by atoms with Crippen molar-refractivity contribution >= 4 is 0 Å². The van der Waals surface area contributed by atoms with E-state index in [0.29, 0.717) is 12.1 Å². The van der Waals surface area contributed by atoms with Crippen molar-refractivity contribution in [1.29, 1.82) is 0 Å². The first kappa shape index (κ1) is 11.5. The summed E-state index contributed by atoms with van der Waals surface area (Å²) < 4.78 is 0. The van der Waals surface area contributed by atoms with E-state index in [0.717, 1.165) is 12.2 Å². The van der Waals surface area contributed by atoms with Crippen molar-refractivity contribution in [3.05, 3.63) is 24.3 Å². The Morgan fingerprint density at radius 1 is 1.50 bits per heavy atom. The van der Waals surface area contributed by atoms with Gasteiger partial charge in [-0.1, -0.05) is 0 Å². The molecular weight excluding hydrogens is 200 g/mol. The molecule has 1 N–H and O–H groups in total. The third kappa shape index (κ3) is 3.00. The molecular formula is C12H20N4. The molecule has 4 heteroatoms. The van der Waals surface area contributed by atoms with Crippen LogP contribution >= 0.6 is 0 Å². The number of piperidine rings is 1. The predicted molar refractivity (Wildman–Crippen MR) is 64.0 cm³/mol. The lowest BCUT2D eigenvalue weighted by Crippen LogP contribution is -2.45. The Morgan fingerprint density at radius 3 is 3.06 bits per heavy atom. The molecule has 0 amide bonds. The van der Waals surface area contributed by atoms with Crippen LogP contribution in [0.25, 0.3) is 0 Å². The smallest absolute Gasteiger partial charge is 0.0724 e. The van der Waals surface area contributed by atoms with Crippen molar-refractivity contribution < 1.29 is 0 Å². The number of hydrogen-bond acceptors (Lipinski definition) is 4. The Bertz CT molecular complexity index is 314. The first-order valence-electron chi connectivity index (χ1n) is 5.94. The van der Waals surface area contributed by atoms with E-state index in [-0.39, 0.29) is 0 Å². The Labute approximate surface area is 97.1 Å². The van der Waals surface area contributed by atoms with Crippen LogP contribution < -0.4 is 5.32 Å². The maximum absolute atomic E-state index is 4.26. The van der Waals surface area contributed by atoms with Gasteiger partial charge in [0.2, 0.25) is 0 Å². The van der Waals surface area contributed by atoms with Gasteiger partial charge in [0.1, 0.15) is 0 Å². The third-order valence-electron chi connectivity index (χ3n) is 3.40. The molecule has 2 atom stereocenters. The highest BCUT2D eigenvalue weighted by molar-refractivity contribution is 4.95. The monoisotopic (exact) mass is 220 g/mol. The highest BCUT2D eigenvalue weighted by Gasteiger charge is 2.22. The van der Waals surface area contributed by atoms with Gasteiger partial charge in [-0.3, -0.25) is 9.97 Å². The number of rotatable bonds is 3. The van der Waals surface area contributed by atoms with Gasteiger partial charge in [0.15, 0.2) is 0 Å². The van der Waals surface area contributed by atoms with Crippen LogP contribution in [0.4, 0.5) is 0 Å². The van der Waals surface area contributed by atoms with Crippen molar-refractivity contribution in [2.75, 3.05) is 13.6 Å². The van der Waals surface area contributed by atoms with Crippen LogP contribution in [0.1, 0.15) is 25.5 Å². The minimum atomic E-state index is 0.619. The van der Waals surface area contributed by atoms with Gasteiger partial charge in [-0.2, -0.15) is 0 Å². The molecule has 1 aromatic rings. The molecule has 0 radical (unpaired) electrons. The SMILES string of the molecule is CC1CC(NCc2cnccn2)CCN1C. The summed E-state index contributed by atoms with van der Waals surface area (Å²) in [5.41, 5.74) is 1.02. The molecule has 4 nitrogen and oxygen atoms in total. The molecule has 1 aromatic heterocycles. The average molecular weight is 220 g/mol. The minimum Gasteiger partial charge on any atom is -0.308 e. The van der Waals surface area contributed by atoms with Gasteiger partial charge in [0, 0.05) is 37.2 Å². The van der Waals surface area contributed by atoms with Crippen LogP contribution in [0.3, 0.4) is 0 Å². The fourth-order valence-corrected chi connectivity index (χ4v) is 2.14. The molecule has 0 aliphatic carbocycles. The average Bonchev–Trinajstić information content (AvgIpc) is 2.32. The first-order valence-corrected chi connectivity index (χ1v) is 5.94. The quantitative estimate of drug-likeness (QED) is 0.826. The predicted octanol–water partition coefficient (Wildman–Crippen LogP) is 1.05. The van der Waals surface area contributed by atoms with E-state index >= 15 is 0 Å². The highest BCUT2D eigenvalue weighted by atomic mass is 15.1. The number of hydrogen-bond donors (Lipinski definition) is 1. The van der Waals surface area contributed by atoms with Gasteiger partial charge in [-0.25, -0.2) is 0 Å². The Kier molecular flexibility index (Phi) is 3.85. The second kappa shape index (κ2) is 5.37. The van der Waals surface area contributed by atoms with Gasteiger partial charge in [-0.05, 0) is 33.4 Å². The van der Waals surface area contributed by atoms with Crippen LogP contribution in [0.15, 0.2) is 18.6 Å². The molecule has 1 fully saturated rings. The van der Waals surface area contributed by atoms with E-state index in [4.69, 9.17) is 0 Å². The molecule has 1 aliphatic rings. The summed E-state index contributed by atoms with van der Waals surface area (Å²) in [5.74, 6) is 0. The fourth-order valence-electron chi connectivity index (χ4n) is 2.14. The van der Waals surface area contributed by atoms with Crippen LogP contribution in [0, 0.1) is 0 Å². The van der Waals surface area contributed by atoms with Crippen molar-refractivity contribution in [2.45, 2.75) is 38.4 Å². The lowest BCUT2D eigenvalue weighted by atomic mass is 9.99. The lowest BCUT2D eigenvalue weighted by Gasteiger charge is -2.35. The van der Waals surface area contributed by atoms with Gasteiger partial charge in [-0.15, -0.1) is 0 Å². The Morgan fingerprint density at radius 2 is 2.38 bits per heavy atom. The Hall–Kier alpha value is -1.00. The van der Waals surface area contributed by atoms with Crippen molar-refractivity contribution in [2.24, 2.45) is 0 Å². The van der Waals surface area contributed by atoms with Crippen molar-refractivity contribution in [1.82, 2.24) is 20.2 Å². The van der Waals surface area contributed by atoms with Gasteiger partial charge < -0.3 is 10.2 Å². The molecule has 0 bridgehead atoms.